The minimum atomic E-state index is 0. The van der Waals surface area contributed by atoms with Gasteiger partial charge in [-0.15, -0.1) is 12.4 Å². The highest BCUT2D eigenvalue weighted by Gasteiger charge is 2.27. The minimum absolute atomic E-state index is 0. The molecule has 2 saturated heterocycles. The summed E-state index contributed by atoms with van der Waals surface area (Å²) in [6, 6.07) is 0. The van der Waals surface area contributed by atoms with Crippen molar-refractivity contribution in [2.24, 2.45) is 5.92 Å². The maximum atomic E-state index is 12.0. The van der Waals surface area contributed by atoms with E-state index in [2.05, 4.69) is 10.2 Å². The lowest BCUT2D eigenvalue weighted by Gasteiger charge is -2.23. The molecule has 0 aromatic rings. The first-order valence-electron chi connectivity index (χ1n) is 5.45. The molecule has 88 valence electrons. The van der Waals surface area contributed by atoms with Gasteiger partial charge in [-0.3, -0.25) is 4.79 Å². The Morgan fingerprint density at radius 3 is 2.93 bits per heavy atom. The summed E-state index contributed by atoms with van der Waals surface area (Å²) < 4.78 is 0. The van der Waals surface area contributed by atoms with Crippen LogP contribution in [0, 0.1) is 5.92 Å². The Labute approximate surface area is 102 Å². The lowest BCUT2D eigenvalue weighted by molar-refractivity contribution is -0.134. The first kappa shape index (κ1) is 13.1. The van der Waals surface area contributed by atoms with Gasteiger partial charge < -0.3 is 10.2 Å². The fourth-order valence-electron chi connectivity index (χ4n) is 2.09. The summed E-state index contributed by atoms with van der Waals surface area (Å²) in [5.41, 5.74) is 0. The molecule has 2 aliphatic heterocycles. The molecule has 3 nitrogen and oxygen atoms in total. The smallest absolute Gasteiger partial charge is 0.227 e. The fourth-order valence-corrected chi connectivity index (χ4v) is 2.98. The standard InChI is InChI=1S/C10H18N2OS.ClH/c13-10(9-2-3-11-8-9)12-4-1-6-14-7-5-12;/h9,11H,1-8H2;1H/t9-;/m0./s1. The molecular formula is C10H19ClN2OS. The van der Waals surface area contributed by atoms with E-state index in [4.69, 9.17) is 0 Å². The number of hydrogen-bond acceptors (Lipinski definition) is 3. The molecule has 2 fully saturated rings. The van der Waals surface area contributed by atoms with Gasteiger partial charge in [-0.2, -0.15) is 11.8 Å². The van der Waals surface area contributed by atoms with Gasteiger partial charge >= 0.3 is 0 Å². The molecule has 0 bridgehead atoms. The number of nitrogens with zero attached hydrogens (tertiary/aromatic N) is 1. The van der Waals surface area contributed by atoms with Crippen molar-refractivity contribution < 1.29 is 4.79 Å². The second-order valence-electron chi connectivity index (χ2n) is 3.98. The number of carbonyl (C=O) groups is 1. The molecule has 0 aliphatic carbocycles. The zero-order valence-electron chi connectivity index (χ0n) is 8.91. The van der Waals surface area contributed by atoms with Crippen LogP contribution in [0.15, 0.2) is 0 Å². The van der Waals surface area contributed by atoms with E-state index in [0.29, 0.717) is 5.91 Å². The highest BCUT2D eigenvalue weighted by atomic mass is 35.5. The van der Waals surface area contributed by atoms with Gasteiger partial charge in [-0.25, -0.2) is 0 Å². The van der Waals surface area contributed by atoms with Crippen molar-refractivity contribution in [3.63, 3.8) is 0 Å². The van der Waals surface area contributed by atoms with Crippen molar-refractivity contribution in [2.45, 2.75) is 12.8 Å². The van der Waals surface area contributed by atoms with Crippen LogP contribution in [0.2, 0.25) is 0 Å². The van der Waals surface area contributed by atoms with E-state index in [0.717, 1.165) is 44.8 Å². The third-order valence-electron chi connectivity index (χ3n) is 2.94. The number of halogens is 1. The molecule has 0 radical (unpaired) electrons. The first-order valence-corrected chi connectivity index (χ1v) is 6.60. The monoisotopic (exact) mass is 250 g/mol. The summed E-state index contributed by atoms with van der Waals surface area (Å²) in [5.74, 6) is 2.98. The molecule has 2 aliphatic rings. The average molecular weight is 251 g/mol. The molecule has 5 heteroatoms. The predicted molar refractivity (Wildman–Crippen MR) is 66.7 cm³/mol. The Kier molecular flexibility index (Phi) is 5.79. The van der Waals surface area contributed by atoms with Gasteiger partial charge in [0.2, 0.25) is 5.91 Å². The van der Waals surface area contributed by atoms with Gasteiger partial charge in [0.05, 0.1) is 5.92 Å². The van der Waals surface area contributed by atoms with Crippen molar-refractivity contribution in [1.29, 1.82) is 0 Å². The maximum absolute atomic E-state index is 12.0. The van der Waals surface area contributed by atoms with E-state index in [1.165, 1.54) is 5.75 Å². The largest absolute Gasteiger partial charge is 0.342 e. The van der Waals surface area contributed by atoms with Gasteiger partial charge in [0, 0.05) is 25.4 Å². The predicted octanol–water partition coefficient (Wildman–Crippen LogP) is 0.983. The van der Waals surface area contributed by atoms with Crippen LogP contribution in [0.4, 0.5) is 0 Å². The molecule has 2 rings (SSSR count). The van der Waals surface area contributed by atoms with Crippen molar-refractivity contribution in [3.05, 3.63) is 0 Å². The summed E-state index contributed by atoms with van der Waals surface area (Å²) in [6.07, 6.45) is 2.19. The van der Waals surface area contributed by atoms with Crippen LogP contribution in [-0.2, 0) is 4.79 Å². The maximum Gasteiger partial charge on any atom is 0.227 e. The SMILES string of the molecule is Cl.O=C([C@H]1CCNC1)N1CCCSCC1. The Hall–Kier alpha value is 0.0700. The first-order chi connectivity index (χ1) is 6.88. The number of amides is 1. The molecule has 15 heavy (non-hydrogen) atoms. The Morgan fingerprint density at radius 2 is 2.20 bits per heavy atom. The number of nitrogens with one attached hydrogen (secondary N) is 1. The second kappa shape index (κ2) is 6.61. The van der Waals surface area contributed by atoms with Gasteiger partial charge in [0.15, 0.2) is 0 Å². The van der Waals surface area contributed by atoms with Crippen LogP contribution < -0.4 is 5.32 Å². The topological polar surface area (TPSA) is 32.3 Å². The molecule has 0 saturated carbocycles. The molecule has 0 aromatic carbocycles. The molecule has 0 aromatic heterocycles. The zero-order valence-corrected chi connectivity index (χ0v) is 10.5. The summed E-state index contributed by atoms with van der Waals surface area (Å²) in [4.78, 5) is 14.1. The Morgan fingerprint density at radius 1 is 1.33 bits per heavy atom. The molecule has 0 unspecified atom stereocenters. The highest BCUT2D eigenvalue weighted by molar-refractivity contribution is 7.99. The number of rotatable bonds is 1. The lowest BCUT2D eigenvalue weighted by atomic mass is 10.1. The third kappa shape index (κ3) is 3.54. The summed E-state index contributed by atoms with van der Waals surface area (Å²) in [7, 11) is 0. The van der Waals surface area contributed by atoms with Crippen LogP contribution in [0.25, 0.3) is 0 Å². The van der Waals surface area contributed by atoms with E-state index in [1.54, 1.807) is 0 Å². The van der Waals surface area contributed by atoms with Gasteiger partial charge in [0.1, 0.15) is 0 Å². The Bertz CT molecular complexity index is 202. The van der Waals surface area contributed by atoms with Crippen LogP contribution in [-0.4, -0.2) is 48.5 Å². The quantitative estimate of drug-likeness (QED) is 0.753. The number of carbonyl (C=O) groups excluding carboxylic acids is 1. The summed E-state index contributed by atoms with van der Waals surface area (Å²) in [5, 5.41) is 3.26. The average Bonchev–Trinajstić information content (AvgIpc) is 2.59. The minimum Gasteiger partial charge on any atom is -0.342 e. The normalized spacial score (nSPS) is 26.9. The van der Waals surface area contributed by atoms with Crippen molar-refractivity contribution >= 4 is 30.1 Å². The van der Waals surface area contributed by atoms with E-state index in [9.17, 15) is 4.79 Å². The van der Waals surface area contributed by atoms with Crippen LogP contribution in [0.3, 0.4) is 0 Å². The van der Waals surface area contributed by atoms with Crippen LogP contribution in [0.1, 0.15) is 12.8 Å². The van der Waals surface area contributed by atoms with Gasteiger partial charge in [0.25, 0.3) is 0 Å². The van der Waals surface area contributed by atoms with E-state index in [-0.39, 0.29) is 18.3 Å². The van der Waals surface area contributed by atoms with E-state index < -0.39 is 0 Å². The summed E-state index contributed by atoms with van der Waals surface area (Å²) >= 11 is 1.97. The zero-order chi connectivity index (χ0) is 9.80. The van der Waals surface area contributed by atoms with Crippen molar-refractivity contribution in [1.82, 2.24) is 10.2 Å². The van der Waals surface area contributed by atoms with Crippen molar-refractivity contribution in [2.75, 3.05) is 37.7 Å². The molecular weight excluding hydrogens is 232 g/mol. The van der Waals surface area contributed by atoms with Gasteiger partial charge in [-0.05, 0) is 25.1 Å². The Balaban J connectivity index is 0.00000112. The molecule has 2 heterocycles. The molecule has 0 spiro atoms. The van der Waals surface area contributed by atoms with Crippen molar-refractivity contribution in [3.8, 4) is 0 Å². The molecule has 1 N–H and O–H groups in total. The molecule has 1 amide bonds. The number of thioether (sulfide) groups is 1. The van der Waals surface area contributed by atoms with Crippen LogP contribution >= 0.6 is 24.2 Å². The van der Waals surface area contributed by atoms with E-state index in [1.807, 2.05) is 11.8 Å². The summed E-state index contributed by atoms with van der Waals surface area (Å²) in [6.45, 7) is 3.84. The fraction of sp³-hybridized carbons (Fsp3) is 0.900. The molecule has 1 atom stereocenters. The number of hydrogen-bond donors (Lipinski definition) is 1. The third-order valence-corrected chi connectivity index (χ3v) is 3.99. The van der Waals surface area contributed by atoms with Crippen LogP contribution in [0.5, 0.6) is 0 Å². The second-order valence-corrected chi connectivity index (χ2v) is 5.21. The lowest BCUT2D eigenvalue weighted by Crippen LogP contribution is -2.38. The van der Waals surface area contributed by atoms with Gasteiger partial charge in [-0.1, -0.05) is 0 Å². The highest BCUT2D eigenvalue weighted by Crippen LogP contribution is 2.16. The van der Waals surface area contributed by atoms with E-state index >= 15 is 0 Å².